The highest BCUT2D eigenvalue weighted by molar-refractivity contribution is 5.64. The Balaban J connectivity index is 2.19. The summed E-state index contributed by atoms with van der Waals surface area (Å²) in [6, 6.07) is 16.6. The summed E-state index contributed by atoms with van der Waals surface area (Å²) in [7, 11) is 0. The van der Waals surface area contributed by atoms with Gasteiger partial charge in [0.1, 0.15) is 0 Å². The maximum absolute atomic E-state index is 6.17. The maximum Gasteiger partial charge on any atom is 0.0581 e. The van der Waals surface area contributed by atoms with Crippen LogP contribution in [0, 0.1) is 0 Å². The predicted octanol–water partition coefficient (Wildman–Crippen LogP) is 2.93. The van der Waals surface area contributed by atoms with Crippen LogP contribution in [0.25, 0.3) is 11.1 Å². The van der Waals surface area contributed by atoms with Crippen molar-refractivity contribution in [2.45, 2.75) is 25.4 Å². The van der Waals surface area contributed by atoms with Crippen molar-refractivity contribution in [3.63, 3.8) is 0 Å². The SMILES string of the molecule is C=CC(NN)C(N)c1ccc(-c2ccc(CC)cc2)cc1. The summed E-state index contributed by atoms with van der Waals surface area (Å²) in [5.74, 6) is 5.47. The van der Waals surface area contributed by atoms with E-state index >= 15 is 0 Å². The normalized spacial score (nSPS) is 13.7. The highest BCUT2D eigenvalue weighted by Gasteiger charge is 2.14. The maximum atomic E-state index is 6.17. The molecule has 2 aromatic carbocycles. The fraction of sp³-hybridized carbons (Fsp3) is 0.222. The van der Waals surface area contributed by atoms with Crippen molar-refractivity contribution in [3.8, 4) is 11.1 Å². The fourth-order valence-corrected chi connectivity index (χ4v) is 2.36. The van der Waals surface area contributed by atoms with Gasteiger partial charge in [0.25, 0.3) is 0 Å². The van der Waals surface area contributed by atoms with Crippen LogP contribution >= 0.6 is 0 Å². The molecule has 3 heteroatoms. The number of rotatable bonds is 6. The standard InChI is InChI=1S/C18H23N3/c1-3-13-5-7-14(8-6-13)15-9-11-16(12-10-15)18(19)17(4-2)21-20/h4-12,17-18,21H,2-3,19-20H2,1H3. The average molecular weight is 281 g/mol. The molecule has 0 radical (unpaired) electrons. The van der Waals surface area contributed by atoms with Gasteiger partial charge in [0.2, 0.25) is 0 Å². The Kier molecular flexibility index (Phi) is 5.28. The van der Waals surface area contributed by atoms with Crippen LogP contribution in [0.5, 0.6) is 0 Å². The third-order valence-corrected chi connectivity index (χ3v) is 3.82. The van der Waals surface area contributed by atoms with E-state index in [-0.39, 0.29) is 12.1 Å². The number of hydrogen-bond donors (Lipinski definition) is 3. The Hall–Kier alpha value is -1.94. The first kappa shape index (κ1) is 15.4. The number of aryl methyl sites for hydroxylation is 1. The van der Waals surface area contributed by atoms with Gasteiger partial charge >= 0.3 is 0 Å². The lowest BCUT2D eigenvalue weighted by Crippen LogP contribution is -2.41. The van der Waals surface area contributed by atoms with Gasteiger partial charge in [-0.05, 0) is 28.7 Å². The van der Waals surface area contributed by atoms with Crippen LogP contribution < -0.4 is 17.0 Å². The molecule has 110 valence electrons. The molecular formula is C18H23N3. The first-order chi connectivity index (χ1) is 10.2. The number of benzene rings is 2. The van der Waals surface area contributed by atoms with E-state index in [1.807, 2.05) is 12.1 Å². The van der Waals surface area contributed by atoms with E-state index in [2.05, 4.69) is 55.3 Å². The van der Waals surface area contributed by atoms with Crippen LogP contribution in [0.2, 0.25) is 0 Å². The lowest BCUT2D eigenvalue weighted by Gasteiger charge is -2.20. The number of hydrazine groups is 1. The van der Waals surface area contributed by atoms with Crippen molar-refractivity contribution in [1.82, 2.24) is 5.43 Å². The molecule has 0 aliphatic rings. The topological polar surface area (TPSA) is 64.1 Å². The Morgan fingerprint density at radius 1 is 1.05 bits per heavy atom. The minimum Gasteiger partial charge on any atom is -0.322 e. The van der Waals surface area contributed by atoms with Crippen LogP contribution in [0.1, 0.15) is 24.1 Å². The van der Waals surface area contributed by atoms with Crippen LogP contribution in [-0.2, 0) is 6.42 Å². The molecule has 0 aliphatic heterocycles. The van der Waals surface area contributed by atoms with Gasteiger partial charge in [-0.2, -0.15) is 0 Å². The summed E-state index contributed by atoms with van der Waals surface area (Å²) in [6.45, 7) is 5.90. The summed E-state index contributed by atoms with van der Waals surface area (Å²) < 4.78 is 0. The monoisotopic (exact) mass is 281 g/mol. The zero-order valence-electron chi connectivity index (χ0n) is 12.4. The molecule has 2 rings (SSSR count). The first-order valence-electron chi connectivity index (χ1n) is 7.23. The van der Waals surface area contributed by atoms with E-state index in [1.165, 1.54) is 16.7 Å². The molecule has 0 bridgehead atoms. The lowest BCUT2D eigenvalue weighted by atomic mass is 9.97. The van der Waals surface area contributed by atoms with Crippen LogP contribution in [-0.4, -0.2) is 6.04 Å². The molecule has 0 saturated carbocycles. The fourth-order valence-electron chi connectivity index (χ4n) is 2.36. The molecule has 0 amide bonds. The van der Waals surface area contributed by atoms with Gasteiger partial charge in [-0.15, -0.1) is 6.58 Å². The van der Waals surface area contributed by atoms with Gasteiger partial charge in [0.15, 0.2) is 0 Å². The van der Waals surface area contributed by atoms with Crippen LogP contribution in [0.3, 0.4) is 0 Å². The molecule has 2 aromatic rings. The second-order valence-electron chi connectivity index (χ2n) is 5.13. The summed E-state index contributed by atoms with van der Waals surface area (Å²) in [6.07, 6.45) is 2.78. The second kappa shape index (κ2) is 7.18. The highest BCUT2D eigenvalue weighted by Crippen LogP contribution is 2.23. The molecular weight excluding hydrogens is 258 g/mol. The van der Waals surface area contributed by atoms with Crippen molar-refractivity contribution in [2.24, 2.45) is 11.6 Å². The van der Waals surface area contributed by atoms with Gasteiger partial charge < -0.3 is 5.73 Å². The van der Waals surface area contributed by atoms with E-state index in [9.17, 15) is 0 Å². The van der Waals surface area contributed by atoms with Crippen molar-refractivity contribution in [3.05, 3.63) is 72.3 Å². The van der Waals surface area contributed by atoms with Crippen molar-refractivity contribution in [2.75, 3.05) is 0 Å². The number of nitrogens with two attached hydrogens (primary N) is 2. The van der Waals surface area contributed by atoms with Crippen molar-refractivity contribution in [1.29, 1.82) is 0 Å². The second-order valence-corrected chi connectivity index (χ2v) is 5.13. The van der Waals surface area contributed by atoms with Gasteiger partial charge in [-0.3, -0.25) is 11.3 Å². The molecule has 0 aromatic heterocycles. The molecule has 3 nitrogen and oxygen atoms in total. The molecule has 5 N–H and O–H groups in total. The molecule has 2 unspecified atom stereocenters. The molecule has 21 heavy (non-hydrogen) atoms. The number of hydrogen-bond acceptors (Lipinski definition) is 3. The highest BCUT2D eigenvalue weighted by atomic mass is 15.2. The van der Waals surface area contributed by atoms with E-state index < -0.39 is 0 Å². The Bertz CT molecular complexity index is 572. The first-order valence-corrected chi connectivity index (χ1v) is 7.23. The molecule has 2 atom stereocenters. The Labute approximate surface area is 126 Å². The minimum atomic E-state index is -0.205. The predicted molar refractivity (Wildman–Crippen MR) is 89.5 cm³/mol. The summed E-state index contributed by atoms with van der Waals surface area (Å²) in [4.78, 5) is 0. The van der Waals surface area contributed by atoms with E-state index in [1.54, 1.807) is 6.08 Å². The quantitative estimate of drug-likeness (QED) is 0.433. The van der Waals surface area contributed by atoms with E-state index in [0.29, 0.717) is 0 Å². The molecule has 0 heterocycles. The average Bonchev–Trinajstić information content (AvgIpc) is 2.56. The molecule has 0 saturated heterocycles. The van der Waals surface area contributed by atoms with Crippen molar-refractivity contribution < 1.29 is 0 Å². The summed E-state index contributed by atoms with van der Waals surface area (Å²) in [5, 5.41) is 0. The van der Waals surface area contributed by atoms with Crippen LogP contribution in [0.15, 0.2) is 61.2 Å². The third-order valence-electron chi connectivity index (χ3n) is 3.82. The Morgan fingerprint density at radius 3 is 2.00 bits per heavy atom. The van der Waals surface area contributed by atoms with Gasteiger partial charge in [0.05, 0.1) is 6.04 Å². The molecule has 0 spiro atoms. The van der Waals surface area contributed by atoms with E-state index in [0.717, 1.165) is 12.0 Å². The van der Waals surface area contributed by atoms with Crippen LogP contribution in [0.4, 0.5) is 0 Å². The largest absolute Gasteiger partial charge is 0.322 e. The molecule has 0 fully saturated rings. The van der Waals surface area contributed by atoms with E-state index in [4.69, 9.17) is 11.6 Å². The van der Waals surface area contributed by atoms with Gasteiger partial charge in [-0.25, -0.2) is 0 Å². The third kappa shape index (κ3) is 3.58. The minimum absolute atomic E-state index is 0.139. The van der Waals surface area contributed by atoms with Gasteiger partial charge in [0, 0.05) is 6.04 Å². The number of nitrogens with one attached hydrogen (secondary N) is 1. The Morgan fingerprint density at radius 2 is 1.57 bits per heavy atom. The van der Waals surface area contributed by atoms with Crippen molar-refractivity contribution >= 4 is 0 Å². The van der Waals surface area contributed by atoms with Gasteiger partial charge in [-0.1, -0.05) is 61.5 Å². The summed E-state index contributed by atoms with van der Waals surface area (Å²) >= 11 is 0. The lowest BCUT2D eigenvalue weighted by molar-refractivity contribution is 0.523. The summed E-state index contributed by atoms with van der Waals surface area (Å²) in [5.41, 5.74) is 13.6. The smallest absolute Gasteiger partial charge is 0.0581 e. The molecule has 0 aliphatic carbocycles. The zero-order chi connectivity index (χ0) is 15.2. The zero-order valence-corrected chi connectivity index (χ0v) is 12.4.